The van der Waals surface area contributed by atoms with Gasteiger partial charge in [0.2, 0.25) is 5.91 Å². The average Bonchev–Trinajstić information content (AvgIpc) is 2.74. The summed E-state index contributed by atoms with van der Waals surface area (Å²) < 4.78 is 0. The first kappa shape index (κ1) is 15.0. The highest BCUT2D eigenvalue weighted by atomic mass is 16.2. The number of benzene rings is 1. The Morgan fingerprint density at radius 2 is 1.95 bits per heavy atom. The van der Waals surface area contributed by atoms with Gasteiger partial charge in [-0.2, -0.15) is 0 Å². The van der Waals surface area contributed by atoms with Gasteiger partial charge in [0.1, 0.15) is 0 Å². The summed E-state index contributed by atoms with van der Waals surface area (Å²) in [6.07, 6.45) is 2.88. The Hall–Kier alpha value is -1.35. The molecule has 0 radical (unpaired) electrons. The summed E-state index contributed by atoms with van der Waals surface area (Å²) in [5.41, 5.74) is 3.56. The van der Waals surface area contributed by atoms with E-state index in [1.165, 1.54) is 24.0 Å². The summed E-state index contributed by atoms with van der Waals surface area (Å²) in [5.74, 6) is 0.836. The van der Waals surface area contributed by atoms with E-state index in [2.05, 4.69) is 44.3 Å². The van der Waals surface area contributed by atoms with Gasteiger partial charge >= 0.3 is 0 Å². The van der Waals surface area contributed by atoms with Crippen LogP contribution in [0.4, 0.5) is 5.69 Å². The molecule has 0 saturated heterocycles. The average molecular weight is 274 g/mol. The minimum Gasteiger partial charge on any atom is -0.315 e. The van der Waals surface area contributed by atoms with Crippen LogP contribution in [-0.4, -0.2) is 19.5 Å². The molecular formula is C17H26N2O. The molecule has 1 unspecified atom stereocenters. The summed E-state index contributed by atoms with van der Waals surface area (Å²) in [6, 6.07) is 6.89. The molecule has 110 valence electrons. The molecule has 0 bridgehead atoms. The van der Waals surface area contributed by atoms with Crippen LogP contribution < -0.4 is 10.2 Å². The molecule has 0 fully saturated rings. The van der Waals surface area contributed by atoms with E-state index in [-0.39, 0.29) is 5.91 Å². The second-order valence-corrected chi connectivity index (χ2v) is 5.63. The monoisotopic (exact) mass is 274 g/mol. The summed E-state index contributed by atoms with van der Waals surface area (Å²) in [4.78, 5) is 13.6. The van der Waals surface area contributed by atoms with Crippen LogP contribution in [0.2, 0.25) is 0 Å². The molecule has 1 aliphatic rings. The van der Waals surface area contributed by atoms with E-state index in [1.807, 2.05) is 7.05 Å². The van der Waals surface area contributed by atoms with Gasteiger partial charge in [0.25, 0.3) is 0 Å². The van der Waals surface area contributed by atoms with Crippen molar-refractivity contribution < 1.29 is 4.79 Å². The van der Waals surface area contributed by atoms with Crippen molar-refractivity contribution in [1.82, 2.24) is 5.32 Å². The Bertz CT molecular complexity index is 480. The van der Waals surface area contributed by atoms with E-state index in [0.717, 1.165) is 12.2 Å². The number of nitrogens with one attached hydrogen (secondary N) is 1. The molecule has 0 aliphatic carbocycles. The molecule has 1 N–H and O–H groups in total. The van der Waals surface area contributed by atoms with Gasteiger partial charge < -0.3 is 10.2 Å². The fourth-order valence-electron chi connectivity index (χ4n) is 3.22. The molecule has 1 aromatic rings. The molecule has 3 nitrogen and oxygen atoms in total. The normalized spacial score (nSPS) is 15.8. The van der Waals surface area contributed by atoms with Gasteiger partial charge in [0.15, 0.2) is 0 Å². The maximum atomic E-state index is 11.8. The highest BCUT2D eigenvalue weighted by Crippen LogP contribution is 2.33. The molecule has 1 aliphatic heterocycles. The summed E-state index contributed by atoms with van der Waals surface area (Å²) >= 11 is 0. The summed E-state index contributed by atoms with van der Waals surface area (Å²) in [5, 5.41) is 3.62. The van der Waals surface area contributed by atoms with E-state index >= 15 is 0 Å². The van der Waals surface area contributed by atoms with Gasteiger partial charge in [-0.15, -0.1) is 0 Å². The number of nitrogens with zero attached hydrogens (tertiary/aromatic N) is 1. The SMILES string of the molecule is CCNC(c1ccc2c(c1)CC(=O)N2C)C(CC)CC. The zero-order chi connectivity index (χ0) is 14.7. The molecule has 0 saturated carbocycles. The largest absolute Gasteiger partial charge is 0.315 e. The number of hydrogen-bond acceptors (Lipinski definition) is 2. The van der Waals surface area contributed by atoms with E-state index in [1.54, 1.807) is 4.90 Å². The first-order valence-electron chi connectivity index (χ1n) is 7.75. The van der Waals surface area contributed by atoms with Crippen molar-refractivity contribution in [1.29, 1.82) is 0 Å². The molecule has 1 atom stereocenters. The van der Waals surface area contributed by atoms with Crippen molar-refractivity contribution in [3.63, 3.8) is 0 Å². The fourth-order valence-corrected chi connectivity index (χ4v) is 3.22. The molecule has 1 amide bonds. The second kappa shape index (κ2) is 6.40. The predicted octanol–water partition coefficient (Wildman–Crippen LogP) is 3.29. The van der Waals surface area contributed by atoms with Crippen molar-refractivity contribution >= 4 is 11.6 Å². The van der Waals surface area contributed by atoms with Crippen LogP contribution in [0.3, 0.4) is 0 Å². The van der Waals surface area contributed by atoms with Crippen LogP contribution in [0.25, 0.3) is 0 Å². The Morgan fingerprint density at radius 3 is 2.55 bits per heavy atom. The summed E-state index contributed by atoms with van der Waals surface area (Å²) in [6.45, 7) is 7.63. The number of carbonyl (C=O) groups is 1. The minimum atomic E-state index is 0.194. The third kappa shape index (κ3) is 2.73. The van der Waals surface area contributed by atoms with Gasteiger partial charge in [0, 0.05) is 18.8 Å². The molecule has 1 aromatic carbocycles. The standard InChI is InChI=1S/C17H26N2O/c1-5-12(6-2)17(18-7-3)13-8-9-15-14(10-13)11-16(20)19(15)4/h8-10,12,17-18H,5-7,11H2,1-4H3. The molecule has 0 aromatic heterocycles. The molecule has 20 heavy (non-hydrogen) atoms. The lowest BCUT2D eigenvalue weighted by Crippen LogP contribution is -2.27. The molecule has 3 heteroatoms. The predicted molar refractivity (Wildman–Crippen MR) is 84.0 cm³/mol. The fraction of sp³-hybridized carbons (Fsp3) is 0.588. The molecular weight excluding hydrogens is 248 g/mol. The highest BCUT2D eigenvalue weighted by molar-refractivity contribution is 6.00. The highest BCUT2D eigenvalue weighted by Gasteiger charge is 2.26. The first-order chi connectivity index (χ1) is 9.62. The minimum absolute atomic E-state index is 0.194. The third-order valence-electron chi connectivity index (χ3n) is 4.48. The third-order valence-corrected chi connectivity index (χ3v) is 4.48. The Kier molecular flexibility index (Phi) is 4.81. The molecule has 1 heterocycles. The lowest BCUT2D eigenvalue weighted by atomic mass is 9.88. The Balaban J connectivity index is 2.31. The lowest BCUT2D eigenvalue weighted by molar-refractivity contribution is -0.117. The Morgan fingerprint density at radius 1 is 1.25 bits per heavy atom. The van der Waals surface area contributed by atoms with Crippen molar-refractivity contribution in [2.24, 2.45) is 5.92 Å². The topological polar surface area (TPSA) is 32.3 Å². The molecule has 2 rings (SSSR count). The van der Waals surface area contributed by atoms with Gasteiger partial charge in [-0.3, -0.25) is 4.79 Å². The maximum absolute atomic E-state index is 11.8. The summed E-state index contributed by atoms with van der Waals surface area (Å²) in [7, 11) is 1.86. The van der Waals surface area contributed by atoms with Crippen LogP contribution in [0, 0.1) is 5.92 Å². The Labute approximate surface area is 122 Å². The van der Waals surface area contributed by atoms with Crippen LogP contribution in [0.15, 0.2) is 18.2 Å². The van der Waals surface area contributed by atoms with Gasteiger partial charge in [-0.25, -0.2) is 0 Å². The van der Waals surface area contributed by atoms with E-state index in [9.17, 15) is 4.79 Å². The van der Waals surface area contributed by atoms with E-state index in [4.69, 9.17) is 0 Å². The van der Waals surface area contributed by atoms with Crippen molar-refractivity contribution in [3.8, 4) is 0 Å². The number of rotatable bonds is 6. The number of anilines is 1. The first-order valence-corrected chi connectivity index (χ1v) is 7.75. The number of hydrogen-bond donors (Lipinski definition) is 1. The maximum Gasteiger partial charge on any atom is 0.231 e. The van der Waals surface area contributed by atoms with Gasteiger partial charge in [-0.05, 0) is 29.7 Å². The molecule has 0 spiro atoms. The van der Waals surface area contributed by atoms with Crippen LogP contribution in [0.5, 0.6) is 0 Å². The number of amides is 1. The van der Waals surface area contributed by atoms with Crippen LogP contribution in [-0.2, 0) is 11.2 Å². The number of fused-ring (bicyclic) bond motifs is 1. The zero-order valence-electron chi connectivity index (χ0n) is 13.1. The van der Waals surface area contributed by atoms with Crippen LogP contribution >= 0.6 is 0 Å². The van der Waals surface area contributed by atoms with Crippen molar-refractivity contribution in [2.75, 3.05) is 18.5 Å². The second-order valence-electron chi connectivity index (χ2n) is 5.63. The zero-order valence-corrected chi connectivity index (χ0v) is 13.1. The quantitative estimate of drug-likeness (QED) is 0.863. The van der Waals surface area contributed by atoms with E-state index in [0.29, 0.717) is 18.4 Å². The van der Waals surface area contributed by atoms with Crippen molar-refractivity contribution in [3.05, 3.63) is 29.3 Å². The van der Waals surface area contributed by atoms with Crippen molar-refractivity contribution in [2.45, 2.75) is 46.1 Å². The van der Waals surface area contributed by atoms with Crippen LogP contribution in [0.1, 0.15) is 50.8 Å². The van der Waals surface area contributed by atoms with Gasteiger partial charge in [0.05, 0.1) is 6.42 Å². The smallest absolute Gasteiger partial charge is 0.231 e. The van der Waals surface area contributed by atoms with Gasteiger partial charge in [-0.1, -0.05) is 45.7 Å². The van der Waals surface area contributed by atoms with E-state index < -0.39 is 0 Å². The number of likely N-dealkylation sites (N-methyl/N-ethyl adjacent to an activating group) is 1. The lowest BCUT2D eigenvalue weighted by Gasteiger charge is -2.27. The number of carbonyl (C=O) groups excluding carboxylic acids is 1.